The number of nitrogens with zero attached hydrogens (tertiary/aromatic N) is 4. The topological polar surface area (TPSA) is 83.3 Å². The zero-order valence-electron chi connectivity index (χ0n) is 12.4. The summed E-state index contributed by atoms with van der Waals surface area (Å²) in [5.74, 6) is -0.401. The second-order valence-corrected chi connectivity index (χ2v) is 5.51. The van der Waals surface area contributed by atoms with Crippen LogP contribution in [0.2, 0.25) is 0 Å². The van der Waals surface area contributed by atoms with E-state index in [2.05, 4.69) is 20.3 Å². The second-order valence-electron chi connectivity index (χ2n) is 5.51. The van der Waals surface area contributed by atoms with E-state index in [-0.39, 0.29) is 11.7 Å². The van der Waals surface area contributed by atoms with Gasteiger partial charge in [-0.25, -0.2) is 9.78 Å². The molecule has 0 amide bonds. The fourth-order valence-corrected chi connectivity index (χ4v) is 2.74. The Balaban J connectivity index is 1.67. The molecule has 1 fully saturated rings. The quantitative estimate of drug-likeness (QED) is 0.892. The highest BCUT2D eigenvalue weighted by molar-refractivity contribution is 5.85. The fraction of sp³-hybridized carbons (Fsp3) is 0.400. The number of anilines is 2. The third-order valence-corrected chi connectivity index (χ3v) is 3.80. The van der Waals surface area contributed by atoms with Gasteiger partial charge in [0.1, 0.15) is 5.82 Å². The highest BCUT2D eigenvalue weighted by Crippen LogP contribution is 2.21. The Bertz CT molecular complexity index is 669. The monoisotopic (exact) mass is 301 g/mol. The minimum Gasteiger partial charge on any atom is -0.477 e. The van der Waals surface area contributed by atoms with Gasteiger partial charge < -0.3 is 15.3 Å². The zero-order chi connectivity index (χ0) is 15.5. The van der Waals surface area contributed by atoms with Gasteiger partial charge in [0.2, 0.25) is 0 Å². The van der Waals surface area contributed by atoms with Crippen molar-refractivity contribution in [3.8, 4) is 0 Å². The Morgan fingerprint density at radius 3 is 3.05 bits per heavy atom. The molecular formula is C15H19N5O2. The van der Waals surface area contributed by atoms with Gasteiger partial charge in [-0.2, -0.15) is 5.10 Å². The molecule has 1 aliphatic heterocycles. The molecule has 0 spiro atoms. The molecule has 0 bridgehead atoms. The normalized spacial score (nSPS) is 18.2. The largest absolute Gasteiger partial charge is 0.477 e. The maximum absolute atomic E-state index is 11.0. The van der Waals surface area contributed by atoms with E-state index in [1.807, 2.05) is 19.4 Å². The number of aromatic carboxylic acids is 1. The molecule has 1 saturated heterocycles. The Morgan fingerprint density at radius 1 is 1.45 bits per heavy atom. The van der Waals surface area contributed by atoms with Crippen molar-refractivity contribution < 1.29 is 9.90 Å². The maximum atomic E-state index is 11.0. The van der Waals surface area contributed by atoms with E-state index >= 15 is 0 Å². The first-order valence-corrected chi connectivity index (χ1v) is 7.32. The Kier molecular flexibility index (Phi) is 3.95. The van der Waals surface area contributed by atoms with Crippen molar-refractivity contribution in [3.05, 3.63) is 36.3 Å². The smallest absolute Gasteiger partial charge is 0.354 e. The van der Waals surface area contributed by atoms with E-state index in [9.17, 15) is 4.79 Å². The number of piperidine rings is 1. The summed E-state index contributed by atoms with van der Waals surface area (Å²) in [5, 5.41) is 16.5. The minimum absolute atomic E-state index is 0.0601. The molecule has 22 heavy (non-hydrogen) atoms. The third-order valence-electron chi connectivity index (χ3n) is 3.80. The minimum atomic E-state index is -1.01. The Hall–Kier alpha value is -2.57. The highest BCUT2D eigenvalue weighted by atomic mass is 16.4. The van der Waals surface area contributed by atoms with Crippen molar-refractivity contribution in [2.45, 2.75) is 18.9 Å². The van der Waals surface area contributed by atoms with E-state index in [0.29, 0.717) is 5.82 Å². The predicted octanol–water partition coefficient (Wildman–Crippen LogP) is 1.59. The van der Waals surface area contributed by atoms with Crippen molar-refractivity contribution >= 4 is 17.5 Å². The number of hydrogen-bond donors (Lipinski definition) is 2. The lowest BCUT2D eigenvalue weighted by atomic mass is 10.1. The van der Waals surface area contributed by atoms with E-state index < -0.39 is 5.97 Å². The van der Waals surface area contributed by atoms with Gasteiger partial charge in [-0.15, -0.1) is 0 Å². The van der Waals surface area contributed by atoms with Gasteiger partial charge in [0.25, 0.3) is 0 Å². The SMILES string of the molecule is Cn1cc(N2CCCC(Nc3cccc(C(=O)O)n3)C2)cn1. The number of nitrogens with one attached hydrogen (secondary N) is 1. The number of carboxylic acid groups (broad SMARTS) is 1. The van der Waals surface area contributed by atoms with Crippen LogP contribution in [-0.2, 0) is 7.05 Å². The van der Waals surface area contributed by atoms with Gasteiger partial charge in [-0.3, -0.25) is 4.68 Å². The summed E-state index contributed by atoms with van der Waals surface area (Å²) in [6, 6.07) is 5.25. The molecule has 1 aliphatic rings. The molecule has 0 saturated carbocycles. The molecule has 0 aliphatic carbocycles. The molecule has 2 N–H and O–H groups in total. The van der Waals surface area contributed by atoms with Crippen LogP contribution in [0.15, 0.2) is 30.6 Å². The molecule has 116 valence electrons. The van der Waals surface area contributed by atoms with Crippen LogP contribution in [-0.4, -0.2) is 45.0 Å². The van der Waals surface area contributed by atoms with Gasteiger partial charge in [0.05, 0.1) is 11.9 Å². The molecule has 0 aromatic carbocycles. The van der Waals surface area contributed by atoms with Crippen LogP contribution in [0.4, 0.5) is 11.5 Å². The van der Waals surface area contributed by atoms with Gasteiger partial charge >= 0.3 is 5.97 Å². The number of rotatable bonds is 4. The van der Waals surface area contributed by atoms with Crippen molar-refractivity contribution in [2.75, 3.05) is 23.3 Å². The summed E-state index contributed by atoms with van der Waals surface area (Å²) in [7, 11) is 1.91. The van der Waals surface area contributed by atoms with Crippen LogP contribution in [0.5, 0.6) is 0 Å². The molecule has 7 heteroatoms. The van der Waals surface area contributed by atoms with E-state index in [1.54, 1.807) is 16.8 Å². The van der Waals surface area contributed by atoms with Crippen LogP contribution >= 0.6 is 0 Å². The van der Waals surface area contributed by atoms with Crippen LogP contribution < -0.4 is 10.2 Å². The van der Waals surface area contributed by atoms with Crippen LogP contribution in [0.25, 0.3) is 0 Å². The number of carbonyl (C=O) groups is 1. The summed E-state index contributed by atoms with van der Waals surface area (Å²) >= 11 is 0. The lowest BCUT2D eigenvalue weighted by molar-refractivity contribution is 0.0690. The molecule has 1 atom stereocenters. The van der Waals surface area contributed by atoms with Crippen molar-refractivity contribution in [3.63, 3.8) is 0 Å². The standard InChI is InChI=1S/C15H19N5O2/c1-19-10-12(8-16-19)20-7-3-4-11(9-20)17-14-6-2-5-13(18-14)15(21)22/h2,5-6,8,10-11H,3-4,7,9H2,1H3,(H,17,18)(H,21,22). The van der Waals surface area contributed by atoms with E-state index in [0.717, 1.165) is 31.6 Å². The first-order valence-electron chi connectivity index (χ1n) is 7.32. The molecule has 3 heterocycles. The van der Waals surface area contributed by atoms with E-state index in [1.165, 1.54) is 6.07 Å². The molecule has 2 aromatic heterocycles. The summed E-state index contributed by atoms with van der Waals surface area (Å²) in [4.78, 5) is 17.4. The van der Waals surface area contributed by atoms with Gasteiger partial charge in [-0.1, -0.05) is 6.07 Å². The molecule has 2 aromatic rings. The average molecular weight is 301 g/mol. The average Bonchev–Trinajstić information content (AvgIpc) is 2.94. The first-order chi connectivity index (χ1) is 10.6. The van der Waals surface area contributed by atoms with Crippen molar-refractivity contribution in [1.29, 1.82) is 0 Å². The first kappa shape index (κ1) is 14.4. The predicted molar refractivity (Wildman–Crippen MR) is 83.3 cm³/mol. The summed E-state index contributed by atoms with van der Waals surface area (Å²) in [6.45, 7) is 1.86. The van der Waals surface area contributed by atoms with Gasteiger partial charge in [0, 0.05) is 32.4 Å². The van der Waals surface area contributed by atoms with Crippen LogP contribution in [0.3, 0.4) is 0 Å². The van der Waals surface area contributed by atoms with E-state index in [4.69, 9.17) is 5.11 Å². The summed E-state index contributed by atoms with van der Waals surface area (Å²) < 4.78 is 1.80. The lowest BCUT2D eigenvalue weighted by Gasteiger charge is -2.34. The number of pyridine rings is 1. The molecular weight excluding hydrogens is 282 g/mol. The fourth-order valence-electron chi connectivity index (χ4n) is 2.74. The van der Waals surface area contributed by atoms with Gasteiger partial charge in [0.15, 0.2) is 5.69 Å². The summed E-state index contributed by atoms with van der Waals surface area (Å²) in [6.07, 6.45) is 5.98. The second kappa shape index (κ2) is 6.05. The summed E-state index contributed by atoms with van der Waals surface area (Å²) in [5.41, 5.74) is 1.17. The van der Waals surface area contributed by atoms with Gasteiger partial charge in [-0.05, 0) is 25.0 Å². The third kappa shape index (κ3) is 3.19. The van der Waals surface area contributed by atoms with Crippen LogP contribution in [0.1, 0.15) is 23.3 Å². The molecule has 7 nitrogen and oxygen atoms in total. The Morgan fingerprint density at radius 2 is 2.32 bits per heavy atom. The number of aromatic nitrogens is 3. The Labute approximate surface area is 128 Å². The maximum Gasteiger partial charge on any atom is 0.354 e. The van der Waals surface area contributed by atoms with Crippen LogP contribution in [0, 0.1) is 0 Å². The van der Waals surface area contributed by atoms with Crippen molar-refractivity contribution in [2.24, 2.45) is 7.05 Å². The number of aryl methyl sites for hydroxylation is 1. The van der Waals surface area contributed by atoms with Crippen molar-refractivity contribution in [1.82, 2.24) is 14.8 Å². The highest BCUT2D eigenvalue weighted by Gasteiger charge is 2.21. The molecule has 3 rings (SSSR count). The molecule has 0 radical (unpaired) electrons. The number of hydrogen-bond acceptors (Lipinski definition) is 5. The zero-order valence-corrected chi connectivity index (χ0v) is 12.4. The lowest BCUT2D eigenvalue weighted by Crippen LogP contribution is -2.42. The molecule has 1 unspecified atom stereocenters. The number of carboxylic acids is 1.